The Hall–Kier alpha value is -2.65. The van der Waals surface area contributed by atoms with Crippen molar-refractivity contribution in [2.75, 3.05) is 5.75 Å². The molecule has 2 aliphatic rings. The second-order valence-corrected chi connectivity index (χ2v) is 10.6. The number of nitrogens with zero attached hydrogens (tertiary/aromatic N) is 2. The summed E-state index contributed by atoms with van der Waals surface area (Å²) in [5.74, 6) is -0.375. The predicted octanol–water partition coefficient (Wildman–Crippen LogP) is 3.66. The molecule has 1 saturated carbocycles. The Kier molecular flexibility index (Phi) is 6.50. The number of amides is 3. The van der Waals surface area contributed by atoms with E-state index in [0.717, 1.165) is 54.3 Å². The number of benzene rings is 1. The van der Waals surface area contributed by atoms with Gasteiger partial charge < -0.3 is 5.32 Å². The number of imide groups is 1. The minimum atomic E-state index is -0.459. The maximum atomic E-state index is 13.6. The van der Waals surface area contributed by atoms with Crippen LogP contribution in [0.3, 0.4) is 0 Å². The third-order valence-corrected chi connectivity index (χ3v) is 8.17. The van der Waals surface area contributed by atoms with Crippen LogP contribution in [-0.2, 0) is 30.6 Å². The second kappa shape index (κ2) is 9.69. The number of urea groups is 1. The lowest BCUT2D eigenvalue weighted by Crippen LogP contribution is -2.41. The summed E-state index contributed by atoms with van der Waals surface area (Å²) in [4.78, 5) is 44.6. The SMILES string of the molecule is O=C(CSc1nc2sc3c(c2c(=O)n1CCc1ccccc1)CCCC3)NC(=O)NC1CC1. The average Bonchev–Trinajstić information content (AvgIpc) is 3.54. The third-order valence-electron chi connectivity index (χ3n) is 6.00. The van der Waals surface area contributed by atoms with E-state index in [1.807, 2.05) is 30.3 Å². The second-order valence-electron chi connectivity index (χ2n) is 8.56. The molecular weight excluding hydrogens is 456 g/mol. The lowest BCUT2D eigenvalue weighted by atomic mass is 9.97. The molecule has 1 fully saturated rings. The van der Waals surface area contributed by atoms with Crippen LogP contribution in [0.5, 0.6) is 0 Å². The maximum absolute atomic E-state index is 13.6. The number of carbonyl (C=O) groups is 2. The van der Waals surface area contributed by atoms with E-state index in [1.165, 1.54) is 22.2 Å². The summed E-state index contributed by atoms with van der Waals surface area (Å²) in [7, 11) is 0. The van der Waals surface area contributed by atoms with E-state index in [9.17, 15) is 14.4 Å². The maximum Gasteiger partial charge on any atom is 0.321 e. The van der Waals surface area contributed by atoms with Crippen molar-refractivity contribution in [3.05, 3.63) is 56.7 Å². The number of hydrogen-bond acceptors (Lipinski definition) is 6. The van der Waals surface area contributed by atoms with Crippen LogP contribution < -0.4 is 16.2 Å². The first kappa shape index (κ1) is 22.2. The lowest BCUT2D eigenvalue weighted by molar-refractivity contribution is -0.117. The monoisotopic (exact) mass is 482 g/mol. The van der Waals surface area contributed by atoms with Gasteiger partial charge in [-0.1, -0.05) is 42.1 Å². The highest BCUT2D eigenvalue weighted by atomic mass is 32.2. The molecule has 2 heterocycles. The van der Waals surface area contributed by atoms with E-state index in [1.54, 1.807) is 15.9 Å². The van der Waals surface area contributed by atoms with Gasteiger partial charge in [-0.3, -0.25) is 19.5 Å². The largest absolute Gasteiger partial charge is 0.335 e. The molecule has 0 saturated heterocycles. The van der Waals surface area contributed by atoms with Gasteiger partial charge in [0.2, 0.25) is 5.91 Å². The molecule has 2 N–H and O–H groups in total. The fourth-order valence-corrected chi connectivity index (χ4v) is 6.28. The Balaban J connectivity index is 1.40. The van der Waals surface area contributed by atoms with Crippen molar-refractivity contribution < 1.29 is 9.59 Å². The number of rotatable bonds is 7. The van der Waals surface area contributed by atoms with Crippen molar-refractivity contribution in [2.45, 2.75) is 62.7 Å². The van der Waals surface area contributed by atoms with E-state index < -0.39 is 11.9 Å². The first-order valence-electron chi connectivity index (χ1n) is 11.4. The zero-order valence-electron chi connectivity index (χ0n) is 18.3. The lowest BCUT2D eigenvalue weighted by Gasteiger charge is -2.13. The van der Waals surface area contributed by atoms with Crippen molar-refractivity contribution in [1.29, 1.82) is 0 Å². The van der Waals surface area contributed by atoms with Crippen molar-refractivity contribution in [3.63, 3.8) is 0 Å². The third kappa shape index (κ3) is 5.14. The highest BCUT2D eigenvalue weighted by Crippen LogP contribution is 2.34. The summed E-state index contributed by atoms with van der Waals surface area (Å²) in [5, 5.41) is 6.39. The zero-order valence-corrected chi connectivity index (χ0v) is 19.9. The highest BCUT2D eigenvalue weighted by Gasteiger charge is 2.25. The van der Waals surface area contributed by atoms with Crippen molar-refractivity contribution >= 4 is 45.3 Å². The molecule has 0 aliphatic heterocycles. The first-order valence-corrected chi connectivity index (χ1v) is 13.2. The molecule has 0 bridgehead atoms. The summed E-state index contributed by atoms with van der Waals surface area (Å²) >= 11 is 2.82. The summed E-state index contributed by atoms with van der Waals surface area (Å²) in [6.45, 7) is 0.489. The molecule has 0 atom stereocenters. The molecule has 2 aliphatic carbocycles. The van der Waals surface area contributed by atoms with E-state index >= 15 is 0 Å². The summed E-state index contributed by atoms with van der Waals surface area (Å²) < 4.78 is 1.71. The van der Waals surface area contributed by atoms with Crippen LogP contribution in [0.15, 0.2) is 40.3 Å². The predicted molar refractivity (Wildman–Crippen MR) is 131 cm³/mol. The van der Waals surface area contributed by atoms with E-state index in [-0.39, 0.29) is 17.4 Å². The van der Waals surface area contributed by atoms with Gasteiger partial charge in [-0.2, -0.15) is 0 Å². The Morgan fingerprint density at radius 2 is 1.94 bits per heavy atom. The summed E-state index contributed by atoms with van der Waals surface area (Å²) in [6.07, 6.45) is 6.78. The molecule has 0 radical (unpaired) electrons. The minimum absolute atomic E-state index is 0.0203. The number of fused-ring (bicyclic) bond motifs is 3. The van der Waals surface area contributed by atoms with Crippen LogP contribution in [0.4, 0.5) is 4.79 Å². The van der Waals surface area contributed by atoms with Gasteiger partial charge in [-0.15, -0.1) is 11.3 Å². The van der Waals surface area contributed by atoms with Crippen molar-refractivity contribution in [3.8, 4) is 0 Å². The first-order chi connectivity index (χ1) is 16.1. The molecule has 2 aromatic heterocycles. The van der Waals surface area contributed by atoms with Crippen molar-refractivity contribution in [2.24, 2.45) is 0 Å². The molecule has 1 aromatic carbocycles. The molecule has 3 amide bonds. The number of aromatic nitrogens is 2. The molecule has 0 unspecified atom stereocenters. The van der Waals surface area contributed by atoms with Crippen LogP contribution in [0, 0.1) is 0 Å². The standard InChI is InChI=1S/C24H26N4O3S2/c29-19(26-23(31)25-16-10-11-16)14-32-24-27-21-20(17-8-4-5-9-18(17)33-21)22(30)28(24)13-12-15-6-2-1-3-7-15/h1-3,6-7,16H,4-5,8-14H2,(H2,25,26,29,31). The van der Waals surface area contributed by atoms with Gasteiger partial charge in [0.15, 0.2) is 5.16 Å². The Morgan fingerprint density at radius 3 is 2.73 bits per heavy atom. The molecule has 3 aromatic rings. The van der Waals surface area contributed by atoms with Gasteiger partial charge in [-0.05, 0) is 56.1 Å². The molecule has 0 spiro atoms. The quantitative estimate of drug-likeness (QED) is 0.396. The number of thiophene rings is 1. The van der Waals surface area contributed by atoms with Crippen LogP contribution in [0.1, 0.15) is 41.7 Å². The van der Waals surface area contributed by atoms with Gasteiger partial charge in [0.1, 0.15) is 4.83 Å². The summed E-state index contributed by atoms with van der Waals surface area (Å²) in [5.41, 5.74) is 2.28. The molecule has 9 heteroatoms. The smallest absolute Gasteiger partial charge is 0.321 e. The van der Waals surface area contributed by atoms with Crippen LogP contribution in [0.25, 0.3) is 10.2 Å². The normalized spacial score (nSPS) is 15.3. The number of thioether (sulfide) groups is 1. The molecule has 33 heavy (non-hydrogen) atoms. The zero-order chi connectivity index (χ0) is 22.8. The molecule has 172 valence electrons. The van der Waals surface area contributed by atoms with Crippen LogP contribution in [-0.4, -0.2) is 33.3 Å². The van der Waals surface area contributed by atoms with E-state index in [0.29, 0.717) is 18.1 Å². The average molecular weight is 483 g/mol. The van der Waals surface area contributed by atoms with E-state index in [4.69, 9.17) is 4.98 Å². The fraction of sp³-hybridized carbons (Fsp3) is 0.417. The molecule has 5 rings (SSSR count). The Morgan fingerprint density at radius 1 is 1.15 bits per heavy atom. The van der Waals surface area contributed by atoms with Crippen LogP contribution >= 0.6 is 23.1 Å². The topological polar surface area (TPSA) is 93.1 Å². The van der Waals surface area contributed by atoms with Crippen molar-refractivity contribution in [1.82, 2.24) is 20.2 Å². The Bertz CT molecular complexity index is 1250. The van der Waals surface area contributed by atoms with Gasteiger partial charge in [-0.25, -0.2) is 9.78 Å². The highest BCUT2D eigenvalue weighted by molar-refractivity contribution is 7.99. The summed E-state index contributed by atoms with van der Waals surface area (Å²) in [6, 6.07) is 9.76. The van der Waals surface area contributed by atoms with Gasteiger partial charge in [0.05, 0.1) is 11.1 Å². The number of aryl methyl sites for hydroxylation is 3. The number of carbonyl (C=O) groups excluding carboxylic acids is 2. The van der Waals surface area contributed by atoms with Gasteiger partial charge >= 0.3 is 6.03 Å². The molecular formula is C24H26N4O3S2. The van der Waals surface area contributed by atoms with E-state index in [2.05, 4.69) is 10.6 Å². The van der Waals surface area contributed by atoms with Gasteiger partial charge in [0, 0.05) is 17.5 Å². The fourth-order valence-electron chi connectivity index (χ4n) is 4.15. The molecule has 7 nitrogen and oxygen atoms in total. The Labute approximate surface area is 200 Å². The number of hydrogen-bond donors (Lipinski definition) is 2. The minimum Gasteiger partial charge on any atom is -0.335 e. The number of nitrogens with one attached hydrogen (secondary N) is 2. The van der Waals surface area contributed by atoms with Crippen LogP contribution in [0.2, 0.25) is 0 Å². The van der Waals surface area contributed by atoms with Gasteiger partial charge in [0.25, 0.3) is 5.56 Å².